The van der Waals surface area contributed by atoms with Crippen molar-refractivity contribution in [1.82, 2.24) is 16.0 Å². The molecule has 0 saturated heterocycles. The molecule has 1 saturated carbocycles. The number of amides is 3. The number of allylic oxidation sites excluding steroid dienone is 1. The van der Waals surface area contributed by atoms with E-state index in [1.807, 2.05) is 13.8 Å². The first kappa shape index (κ1) is 17.5. The Kier molecular flexibility index (Phi) is 7.26. The first-order valence-corrected chi connectivity index (χ1v) is 7.88. The van der Waals surface area contributed by atoms with Crippen LogP contribution >= 0.6 is 0 Å². The van der Waals surface area contributed by atoms with Gasteiger partial charge in [-0.25, -0.2) is 4.79 Å². The summed E-state index contributed by atoms with van der Waals surface area (Å²) in [6.45, 7) is 8.57. The summed E-state index contributed by atoms with van der Waals surface area (Å²) >= 11 is 0. The van der Waals surface area contributed by atoms with Gasteiger partial charge >= 0.3 is 6.03 Å². The summed E-state index contributed by atoms with van der Waals surface area (Å²) < 4.78 is 0. The second-order valence-corrected chi connectivity index (χ2v) is 6.48. The fraction of sp³-hybridized carbons (Fsp3) is 0.750. The highest BCUT2D eigenvalue weighted by molar-refractivity contribution is 5.88. The largest absolute Gasteiger partial charge is 0.348 e. The third-order valence-corrected chi connectivity index (χ3v) is 3.50. The van der Waals surface area contributed by atoms with Gasteiger partial charge in [-0.3, -0.25) is 4.79 Å². The summed E-state index contributed by atoms with van der Waals surface area (Å²) in [5.41, 5.74) is 0.975. The van der Waals surface area contributed by atoms with Crippen LogP contribution in [0.1, 0.15) is 53.4 Å². The van der Waals surface area contributed by atoms with E-state index in [-0.39, 0.29) is 24.0 Å². The zero-order chi connectivity index (χ0) is 15.8. The van der Waals surface area contributed by atoms with Crippen LogP contribution in [0.3, 0.4) is 0 Å². The minimum Gasteiger partial charge on any atom is -0.348 e. The summed E-state index contributed by atoms with van der Waals surface area (Å²) in [5, 5.41) is 8.87. The van der Waals surface area contributed by atoms with Gasteiger partial charge in [0.15, 0.2) is 0 Å². The standard InChI is InChI=1S/C16H29N3O2/c1-11(2)9-15(20)18-13-7-5-6-8-14(13)19-16(21)17-10-12(3)4/h9,12-14H,5-8,10H2,1-4H3,(H,18,20)(H2,17,19,21). The van der Waals surface area contributed by atoms with Gasteiger partial charge in [0.05, 0.1) is 6.04 Å². The fourth-order valence-corrected chi connectivity index (χ4v) is 2.48. The molecule has 120 valence electrons. The highest BCUT2D eigenvalue weighted by Gasteiger charge is 2.27. The number of rotatable bonds is 5. The number of hydrogen-bond acceptors (Lipinski definition) is 2. The Morgan fingerprint density at radius 2 is 1.67 bits per heavy atom. The second-order valence-electron chi connectivity index (χ2n) is 6.48. The third kappa shape index (κ3) is 7.16. The summed E-state index contributed by atoms with van der Waals surface area (Å²) in [6.07, 6.45) is 5.60. The first-order valence-electron chi connectivity index (χ1n) is 7.88. The van der Waals surface area contributed by atoms with Crippen molar-refractivity contribution >= 4 is 11.9 Å². The molecule has 1 rings (SSSR count). The quantitative estimate of drug-likeness (QED) is 0.681. The lowest BCUT2D eigenvalue weighted by atomic mass is 9.90. The van der Waals surface area contributed by atoms with Crippen molar-refractivity contribution in [1.29, 1.82) is 0 Å². The van der Waals surface area contributed by atoms with E-state index in [0.717, 1.165) is 31.3 Å². The molecule has 2 unspecified atom stereocenters. The third-order valence-electron chi connectivity index (χ3n) is 3.50. The zero-order valence-corrected chi connectivity index (χ0v) is 13.7. The number of urea groups is 1. The van der Waals surface area contributed by atoms with Gasteiger partial charge < -0.3 is 16.0 Å². The highest BCUT2D eigenvalue weighted by atomic mass is 16.2. The molecule has 0 aromatic heterocycles. The van der Waals surface area contributed by atoms with E-state index in [1.54, 1.807) is 6.08 Å². The van der Waals surface area contributed by atoms with Crippen LogP contribution in [0, 0.1) is 5.92 Å². The lowest BCUT2D eigenvalue weighted by Crippen LogP contribution is -2.55. The minimum absolute atomic E-state index is 0.0143. The van der Waals surface area contributed by atoms with Crippen LogP contribution in [0.4, 0.5) is 4.79 Å². The van der Waals surface area contributed by atoms with Crippen molar-refractivity contribution in [2.75, 3.05) is 6.54 Å². The van der Waals surface area contributed by atoms with Gasteiger partial charge in [0.2, 0.25) is 5.91 Å². The maximum Gasteiger partial charge on any atom is 0.315 e. The molecule has 0 heterocycles. The molecule has 1 aliphatic carbocycles. The number of nitrogens with one attached hydrogen (secondary N) is 3. The Balaban J connectivity index is 2.51. The average molecular weight is 295 g/mol. The molecule has 0 aromatic carbocycles. The molecule has 5 heteroatoms. The van der Waals surface area contributed by atoms with Crippen LogP contribution in [0.25, 0.3) is 0 Å². The summed E-state index contributed by atoms with van der Waals surface area (Å²) in [4.78, 5) is 23.7. The van der Waals surface area contributed by atoms with Crippen LogP contribution in [0.2, 0.25) is 0 Å². The number of carbonyl (C=O) groups excluding carboxylic acids is 2. The topological polar surface area (TPSA) is 70.2 Å². The van der Waals surface area contributed by atoms with Gasteiger partial charge in [0.1, 0.15) is 0 Å². The van der Waals surface area contributed by atoms with Crippen molar-refractivity contribution in [2.24, 2.45) is 5.92 Å². The van der Waals surface area contributed by atoms with Crippen molar-refractivity contribution in [3.63, 3.8) is 0 Å². The van der Waals surface area contributed by atoms with E-state index < -0.39 is 0 Å². The molecule has 0 aromatic rings. The van der Waals surface area contributed by atoms with Gasteiger partial charge in [-0.05, 0) is 32.6 Å². The predicted octanol–water partition coefficient (Wildman–Crippen LogP) is 2.34. The van der Waals surface area contributed by atoms with E-state index in [1.165, 1.54) is 0 Å². The molecule has 0 radical (unpaired) electrons. The zero-order valence-electron chi connectivity index (χ0n) is 13.7. The van der Waals surface area contributed by atoms with Crippen molar-refractivity contribution < 1.29 is 9.59 Å². The SMILES string of the molecule is CC(C)=CC(=O)NC1CCCCC1NC(=O)NCC(C)C. The van der Waals surface area contributed by atoms with Crippen LogP contribution in [-0.2, 0) is 4.79 Å². The summed E-state index contributed by atoms with van der Waals surface area (Å²) in [6, 6.07) is -0.107. The highest BCUT2D eigenvalue weighted by Crippen LogP contribution is 2.18. The maximum absolute atomic E-state index is 11.9. The Labute approximate surface area is 127 Å². The normalized spacial score (nSPS) is 21.6. The lowest BCUT2D eigenvalue weighted by Gasteiger charge is -2.32. The maximum atomic E-state index is 11.9. The van der Waals surface area contributed by atoms with Gasteiger partial charge in [0.25, 0.3) is 0 Å². The van der Waals surface area contributed by atoms with Crippen molar-refractivity contribution in [3.05, 3.63) is 11.6 Å². The molecule has 0 bridgehead atoms. The lowest BCUT2D eigenvalue weighted by molar-refractivity contribution is -0.117. The monoisotopic (exact) mass is 295 g/mol. The van der Waals surface area contributed by atoms with E-state index >= 15 is 0 Å². The molecule has 0 aliphatic heterocycles. The molecule has 5 nitrogen and oxygen atoms in total. The molecule has 2 atom stereocenters. The first-order chi connectivity index (χ1) is 9.88. The van der Waals surface area contributed by atoms with Crippen LogP contribution in [-0.4, -0.2) is 30.6 Å². The van der Waals surface area contributed by atoms with Gasteiger partial charge in [0, 0.05) is 18.7 Å². The molecular weight excluding hydrogens is 266 g/mol. The van der Waals surface area contributed by atoms with Gasteiger partial charge in [-0.1, -0.05) is 32.3 Å². The van der Waals surface area contributed by atoms with Gasteiger partial charge in [-0.15, -0.1) is 0 Å². The molecule has 3 amide bonds. The Morgan fingerprint density at radius 1 is 1.10 bits per heavy atom. The van der Waals surface area contributed by atoms with E-state index in [9.17, 15) is 9.59 Å². The van der Waals surface area contributed by atoms with Crippen LogP contribution in [0.5, 0.6) is 0 Å². The van der Waals surface area contributed by atoms with E-state index in [2.05, 4.69) is 29.8 Å². The number of carbonyl (C=O) groups is 2. The van der Waals surface area contributed by atoms with E-state index in [0.29, 0.717) is 12.5 Å². The molecule has 3 N–H and O–H groups in total. The van der Waals surface area contributed by atoms with Gasteiger partial charge in [-0.2, -0.15) is 0 Å². The fourth-order valence-electron chi connectivity index (χ4n) is 2.48. The Bertz CT molecular complexity index is 387. The predicted molar refractivity (Wildman–Crippen MR) is 85.0 cm³/mol. The average Bonchev–Trinajstić information content (AvgIpc) is 2.37. The molecule has 1 fully saturated rings. The molecular formula is C16H29N3O2. The van der Waals surface area contributed by atoms with Crippen LogP contribution in [0.15, 0.2) is 11.6 Å². The molecule has 0 spiro atoms. The summed E-state index contributed by atoms with van der Waals surface area (Å²) in [7, 11) is 0. The Hall–Kier alpha value is -1.52. The van der Waals surface area contributed by atoms with Crippen molar-refractivity contribution in [3.8, 4) is 0 Å². The molecule has 21 heavy (non-hydrogen) atoms. The minimum atomic E-state index is -0.142. The van der Waals surface area contributed by atoms with E-state index in [4.69, 9.17) is 0 Å². The smallest absolute Gasteiger partial charge is 0.315 e. The molecule has 1 aliphatic rings. The Morgan fingerprint density at radius 3 is 2.19 bits per heavy atom. The van der Waals surface area contributed by atoms with Crippen molar-refractivity contribution in [2.45, 2.75) is 65.5 Å². The second kappa shape index (κ2) is 8.70. The number of hydrogen-bond donors (Lipinski definition) is 3. The summed E-state index contributed by atoms with van der Waals surface area (Å²) in [5.74, 6) is 0.353. The van der Waals surface area contributed by atoms with Crippen LogP contribution < -0.4 is 16.0 Å².